The predicted octanol–water partition coefficient (Wildman–Crippen LogP) is 5.01. The summed E-state index contributed by atoms with van der Waals surface area (Å²) < 4.78 is 9.32. The van der Waals surface area contributed by atoms with Crippen molar-refractivity contribution in [2.24, 2.45) is 0 Å². The molecule has 0 aliphatic heterocycles. The van der Waals surface area contributed by atoms with Gasteiger partial charge in [0.2, 0.25) is 0 Å². The molecule has 140 valence electrons. The molecule has 0 saturated carbocycles. The quantitative estimate of drug-likeness (QED) is 0.400. The summed E-state index contributed by atoms with van der Waals surface area (Å²) in [7, 11) is 0. The zero-order valence-electron chi connectivity index (χ0n) is 14.1. The third-order valence-corrected chi connectivity index (χ3v) is 5.44. The molecule has 0 atom stereocenters. The van der Waals surface area contributed by atoms with E-state index in [-0.39, 0.29) is 18.3 Å². The summed E-state index contributed by atoms with van der Waals surface area (Å²) in [4.78, 5) is 23.3. The largest absolute Gasteiger partial charge is 0.459 e. The number of rotatable bonds is 6. The van der Waals surface area contributed by atoms with Crippen molar-refractivity contribution < 1.29 is 9.21 Å². The first-order chi connectivity index (χ1) is 12.7. The molecule has 0 aliphatic carbocycles. The monoisotopic (exact) mass is 466 g/mol. The maximum atomic E-state index is 12.9. The first-order valence-electron chi connectivity index (χ1n) is 8.08. The van der Waals surface area contributed by atoms with Crippen LogP contribution in [-0.2, 0) is 6.54 Å². The van der Waals surface area contributed by atoms with Gasteiger partial charge in [-0.15, -0.1) is 12.4 Å². The highest BCUT2D eigenvalue weighted by Crippen LogP contribution is 2.31. The number of thiazole rings is 1. The standard InChI is InChI=1S/C18H15BrN4O2S.ClH/c19-13-4-5-14-16(11-13)26-18(21-14)23(17(24)15-3-1-10-25-15)8-2-7-22-9-6-20-12-22;/h1,3-6,9-12H,2,7-8H2;1H. The second kappa shape index (κ2) is 8.69. The van der Waals surface area contributed by atoms with Crippen LogP contribution in [-0.4, -0.2) is 27.0 Å². The van der Waals surface area contributed by atoms with E-state index < -0.39 is 0 Å². The van der Waals surface area contributed by atoms with Crippen molar-refractivity contribution in [1.82, 2.24) is 14.5 Å². The number of halogens is 2. The third-order valence-electron chi connectivity index (χ3n) is 3.90. The minimum absolute atomic E-state index is 0. The number of carbonyl (C=O) groups is 1. The van der Waals surface area contributed by atoms with Crippen LogP contribution in [0.1, 0.15) is 17.0 Å². The molecule has 1 amide bonds. The molecule has 0 bridgehead atoms. The second-order valence-corrected chi connectivity index (χ2v) is 7.62. The fraction of sp³-hybridized carbons (Fsp3) is 0.167. The molecule has 0 spiro atoms. The molecule has 6 nitrogen and oxygen atoms in total. The number of anilines is 1. The molecule has 0 aliphatic rings. The van der Waals surface area contributed by atoms with Crippen LogP contribution in [0.15, 0.2) is 64.2 Å². The van der Waals surface area contributed by atoms with Crippen molar-refractivity contribution >= 4 is 60.9 Å². The van der Waals surface area contributed by atoms with Crippen molar-refractivity contribution in [2.75, 3.05) is 11.4 Å². The van der Waals surface area contributed by atoms with Gasteiger partial charge in [0, 0.05) is 30.0 Å². The summed E-state index contributed by atoms with van der Waals surface area (Å²) in [6.07, 6.45) is 7.72. The fourth-order valence-electron chi connectivity index (χ4n) is 2.65. The Hall–Kier alpha value is -2.16. The van der Waals surface area contributed by atoms with Crippen LogP contribution in [0.5, 0.6) is 0 Å². The lowest BCUT2D eigenvalue weighted by atomic mass is 10.3. The van der Waals surface area contributed by atoms with E-state index in [4.69, 9.17) is 4.42 Å². The Morgan fingerprint density at radius 2 is 2.22 bits per heavy atom. The van der Waals surface area contributed by atoms with Gasteiger partial charge >= 0.3 is 0 Å². The molecule has 0 unspecified atom stereocenters. The summed E-state index contributed by atoms with van der Waals surface area (Å²) in [5.41, 5.74) is 0.875. The van der Waals surface area contributed by atoms with Crippen molar-refractivity contribution in [3.63, 3.8) is 0 Å². The molecule has 0 fully saturated rings. The Bertz CT molecular complexity index is 1020. The maximum absolute atomic E-state index is 12.9. The van der Waals surface area contributed by atoms with Crippen molar-refractivity contribution in [3.8, 4) is 0 Å². The van der Waals surface area contributed by atoms with Crippen molar-refractivity contribution in [2.45, 2.75) is 13.0 Å². The highest BCUT2D eigenvalue weighted by atomic mass is 79.9. The van der Waals surface area contributed by atoms with Gasteiger partial charge in [-0.1, -0.05) is 27.3 Å². The van der Waals surface area contributed by atoms with E-state index >= 15 is 0 Å². The van der Waals surface area contributed by atoms with Gasteiger partial charge in [0.15, 0.2) is 10.9 Å². The molecule has 0 saturated heterocycles. The molecule has 3 heterocycles. The summed E-state index contributed by atoms with van der Waals surface area (Å²) in [6, 6.07) is 9.29. The van der Waals surface area contributed by atoms with Crippen molar-refractivity contribution in [3.05, 3.63) is 65.5 Å². The number of furan rings is 1. The Morgan fingerprint density at radius 1 is 1.33 bits per heavy atom. The molecular formula is C18H16BrClN4O2S. The SMILES string of the molecule is Cl.O=C(c1ccco1)N(CCCn1ccnc1)c1nc2ccc(Br)cc2s1. The van der Waals surface area contributed by atoms with Crippen LogP contribution in [0.3, 0.4) is 0 Å². The zero-order chi connectivity index (χ0) is 17.9. The first-order valence-corrected chi connectivity index (χ1v) is 9.69. The van der Waals surface area contributed by atoms with E-state index in [0.29, 0.717) is 17.4 Å². The molecular weight excluding hydrogens is 452 g/mol. The summed E-state index contributed by atoms with van der Waals surface area (Å²) >= 11 is 4.97. The fourth-order valence-corrected chi connectivity index (χ4v) is 4.19. The van der Waals surface area contributed by atoms with E-state index in [1.807, 2.05) is 29.0 Å². The average molecular weight is 468 g/mol. The van der Waals surface area contributed by atoms with Gasteiger partial charge in [-0.25, -0.2) is 9.97 Å². The summed E-state index contributed by atoms with van der Waals surface area (Å²) in [5.74, 6) is 0.131. The average Bonchev–Trinajstić information content (AvgIpc) is 3.38. The molecule has 0 radical (unpaired) electrons. The molecule has 0 N–H and O–H groups in total. The van der Waals surface area contributed by atoms with Crippen molar-refractivity contribution in [1.29, 1.82) is 0 Å². The zero-order valence-corrected chi connectivity index (χ0v) is 17.3. The van der Waals surface area contributed by atoms with E-state index in [1.54, 1.807) is 29.6 Å². The maximum Gasteiger partial charge on any atom is 0.295 e. The number of carbonyl (C=O) groups excluding carboxylic acids is 1. The van der Waals surface area contributed by atoms with Gasteiger partial charge in [-0.3, -0.25) is 9.69 Å². The molecule has 4 rings (SSSR count). The van der Waals surface area contributed by atoms with Crippen LogP contribution in [0.2, 0.25) is 0 Å². The normalized spacial score (nSPS) is 10.7. The van der Waals surface area contributed by atoms with Crippen LogP contribution in [0.4, 0.5) is 5.13 Å². The van der Waals surface area contributed by atoms with E-state index in [1.165, 1.54) is 17.6 Å². The smallest absolute Gasteiger partial charge is 0.295 e. The number of hydrogen-bond donors (Lipinski definition) is 0. The van der Waals surface area contributed by atoms with Crippen LogP contribution >= 0.6 is 39.7 Å². The van der Waals surface area contributed by atoms with Crippen LogP contribution in [0.25, 0.3) is 10.2 Å². The van der Waals surface area contributed by atoms with E-state index in [9.17, 15) is 4.79 Å². The number of aryl methyl sites for hydroxylation is 1. The van der Waals surface area contributed by atoms with Crippen LogP contribution < -0.4 is 4.90 Å². The number of hydrogen-bond acceptors (Lipinski definition) is 5. The lowest BCUT2D eigenvalue weighted by Crippen LogP contribution is -2.32. The predicted molar refractivity (Wildman–Crippen MR) is 112 cm³/mol. The number of fused-ring (bicyclic) bond motifs is 1. The van der Waals surface area contributed by atoms with Gasteiger partial charge in [0.1, 0.15) is 0 Å². The lowest BCUT2D eigenvalue weighted by Gasteiger charge is -2.18. The molecule has 27 heavy (non-hydrogen) atoms. The highest BCUT2D eigenvalue weighted by molar-refractivity contribution is 9.10. The molecule has 9 heteroatoms. The van der Waals surface area contributed by atoms with E-state index in [2.05, 4.69) is 25.9 Å². The number of nitrogens with zero attached hydrogens (tertiary/aromatic N) is 4. The number of benzene rings is 1. The summed E-state index contributed by atoms with van der Waals surface area (Å²) in [6.45, 7) is 1.32. The van der Waals surface area contributed by atoms with Gasteiger partial charge < -0.3 is 8.98 Å². The second-order valence-electron chi connectivity index (χ2n) is 5.70. The topological polar surface area (TPSA) is 64.2 Å². The van der Waals surface area contributed by atoms with Gasteiger partial charge in [0.05, 0.1) is 22.8 Å². The number of amides is 1. The minimum atomic E-state index is -0.182. The lowest BCUT2D eigenvalue weighted by molar-refractivity contribution is 0.0959. The Morgan fingerprint density at radius 3 is 2.96 bits per heavy atom. The first kappa shape index (κ1) is 19.6. The van der Waals surface area contributed by atoms with Crippen LogP contribution in [0, 0.1) is 0 Å². The summed E-state index contributed by atoms with van der Waals surface area (Å²) in [5, 5.41) is 0.671. The van der Waals surface area contributed by atoms with Gasteiger partial charge in [-0.2, -0.15) is 0 Å². The number of aromatic nitrogens is 3. The minimum Gasteiger partial charge on any atom is -0.459 e. The molecule has 3 aromatic heterocycles. The Kier molecular flexibility index (Phi) is 6.30. The highest BCUT2D eigenvalue weighted by Gasteiger charge is 2.23. The Labute approximate surface area is 174 Å². The van der Waals surface area contributed by atoms with Gasteiger partial charge in [0.25, 0.3) is 5.91 Å². The Balaban J connectivity index is 0.00000210. The molecule has 1 aromatic carbocycles. The third kappa shape index (κ3) is 4.40. The van der Waals surface area contributed by atoms with E-state index in [0.717, 1.165) is 27.7 Å². The molecule has 4 aromatic rings. The van der Waals surface area contributed by atoms with Gasteiger partial charge in [-0.05, 0) is 36.8 Å². The number of imidazole rings is 1.